The van der Waals surface area contributed by atoms with Crippen molar-refractivity contribution in [1.82, 2.24) is 39.7 Å². The standard InChI is InChI=1S/C24H25BrN8/c1-5-6-19-27-21-14(2)11-15(3)26-24(21)33(19)12-16-7-9-17(10-8-16)20-18(13-32(4)22(20)25)23-28-30-31-29-23/h7-11,13H,5-6,12H2,1-4H3,(H,28,29,30,31). The first kappa shape index (κ1) is 21.5. The number of nitrogens with zero attached hydrogens (tertiary/aromatic N) is 7. The quantitative estimate of drug-likeness (QED) is 0.351. The molecule has 33 heavy (non-hydrogen) atoms. The van der Waals surface area contributed by atoms with Crippen molar-refractivity contribution < 1.29 is 0 Å². The first-order chi connectivity index (χ1) is 16.0. The molecule has 0 atom stereocenters. The molecule has 9 heteroatoms. The fraction of sp³-hybridized carbons (Fsp3) is 0.292. The maximum Gasteiger partial charge on any atom is 0.206 e. The first-order valence-electron chi connectivity index (χ1n) is 11.0. The lowest BCUT2D eigenvalue weighted by molar-refractivity contribution is 0.716. The number of fused-ring (bicyclic) bond motifs is 1. The zero-order chi connectivity index (χ0) is 23.1. The second kappa shape index (κ2) is 8.55. The normalized spacial score (nSPS) is 11.5. The predicted molar refractivity (Wildman–Crippen MR) is 132 cm³/mol. The van der Waals surface area contributed by atoms with Crippen molar-refractivity contribution in [3.63, 3.8) is 0 Å². The van der Waals surface area contributed by atoms with Gasteiger partial charge in [-0.05, 0) is 64.2 Å². The molecule has 4 heterocycles. The number of hydrogen-bond acceptors (Lipinski definition) is 5. The summed E-state index contributed by atoms with van der Waals surface area (Å²) in [6.07, 6.45) is 3.97. The van der Waals surface area contributed by atoms with Gasteiger partial charge in [-0.2, -0.15) is 5.21 Å². The highest BCUT2D eigenvalue weighted by molar-refractivity contribution is 9.10. The molecule has 0 saturated carbocycles. The van der Waals surface area contributed by atoms with E-state index in [1.807, 2.05) is 24.7 Å². The lowest BCUT2D eigenvalue weighted by Crippen LogP contribution is -2.06. The summed E-state index contributed by atoms with van der Waals surface area (Å²) in [4.78, 5) is 9.75. The Kier molecular flexibility index (Phi) is 5.57. The molecule has 0 radical (unpaired) electrons. The van der Waals surface area contributed by atoms with E-state index in [1.54, 1.807) is 0 Å². The van der Waals surface area contributed by atoms with Crippen molar-refractivity contribution in [2.75, 3.05) is 0 Å². The largest absolute Gasteiger partial charge is 0.344 e. The predicted octanol–water partition coefficient (Wildman–Crippen LogP) is 5.00. The van der Waals surface area contributed by atoms with Crippen LogP contribution in [0.3, 0.4) is 0 Å². The number of halogens is 1. The van der Waals surface area contributed by atoms with Gasteiger partial charge in [0.1, 0.15) is 11.3 Å². The van der Waals surface area contributed by atoms with Crippen LogP contribution in [-0.4, -0.2) is 39.7 Å². The van der Waals surface area contributed by atoms with Crippen LogP contribution in [0.2, 0.25) is 0 Å². The molecule has 0 fully saturated rings. The number of nitrogens with one attached hydrogen (secondary N) is 1. The first-order valence-corrected chi connectivity index (χ1v) is 11.8. The zero-order valence-electron chi connectivity index (χ0n) is 19.1. The Morgan fingerprint density at radius 2 is 1.88 bits per heavy atom. The molecule has 5 rings (SSSR count). The second-order valence-corrected chi connectivity index (χ2v) is 9.12. The molecule has 0 aliphatic rings. The Morgan fingerprint density at radius 1 is 1.09 bits per heavy atom. The van der Waals surface area contributed by atoms with Crippen LogP contribution in [0.25, 0.3) is 33.7 Å². The average molecular weight is 505 g/mol. The third-order valence-corrected chi connectivity index (χ3v) is 6.81. The number of H-pyrrole nitrogens is 1. The van der Waals surface area contributed by atoms with Crippen LogP contribution in [-0.2, 0) is 20.0 Å². The third-order valence-electron chi connectivity index (χ3n) is 5.85. The molecule has 0 saturated heterocycles. The number of hydrogen-bond donors (Lipinski definition) is 1. The van der Waals surface area contributed by atoms with Gasteiger partial charge in [-0.15, -0.1) is 10.2 Å². The minimum Gasteiger partial charge on any atom is -0.344 e. The third kappa shape index (κ3) is 3.86. The van der Waals surface area contributed by atoms with E-state index in [0.29, 0.717) is 5.82 Å². The molecule has 5 aromatic rings. The number of tetrazole rings is 1. The Hall–Kier alpha value is -3.33. The van der Waals surface area contributed by atoms with E-state index in [-0.39, 0.29) is 0 Å². The topological polar surface area (TPSA) is 90.1 Å². The van der Waals surface area contributed by atoms with Gasteiger partial charge in [0, 0.05) is 36.5 Å². The fourth-order valence-corrected chi connectivity index (χ4v) is 4.86. The van der Waals surface area contributed by atoms with Crippen LogP contribution in [0.15, 0.2) is 41.1 Å². The molecule has 0 unspecified atom stereocenters. The van der Waals surface area contributed by atoms with E-state index in [1.165, 1.54) is 11.1 Å². The minimum atomic E-state index is 0.571. The van der Waals surface area contributed by atoms with E-state index in [2.05, 4.69) is 85.3 Å². The van der Waals surface area contributed by atoms with Gasteiger partial charge in [0.2, 0.25) is 5.82 Å². The van der Waals surface area contributed by atoms with E-state index >= 15 is 0 Å². The van der Waals surface area contributed by atoms with Gasteiger partial charge >= 0.3 is 0 Å². The van der Waals surface area contributed by atoms with Gasteiger partial charge in [0.25, 0.3) is 0 Å². The molecular weight excluding hydrogens is 480 g/mol. The highest BCUT2D eigenvalue weighted by Crippen LogP contribution is 2.37. The summed E-state index contributed by atoms with van der Waals surface area (Å²) in [5.41, 5.74) is 8.40. The molecule has 1 aromatic carbocycles. The van der Waals surface area contributed by atoms with Gasteiger partial charge in [-0.25, -0.2) is 9.97 Å². The molecule has 0 spiro atoms. The number of aromatic amines is 1. The molecule has 8 nitrogen and oxygen atoms in total. The van der Waals surface area contributed by atoms with E-state index in [4.69, 9.17) is 9.97 Å². The van der Waals surface area contributed by atoms with E-state index in [0.717, 1.165) is 63.4 Å². The Balaban J connectivity index is 1.53. The van der Waals surface area contributed by atoms with E-state index < -0.39 is 0 Å². The number of pyridine rings is 1. The van der Waals surface area contributed by atoms with Crippen LogP contribution in [0.1, 0.15) is 36.0 Å². The van der Waals surface area contributed by atoms with Crippen molar-refractivity contribution in [3.8, 4) is 22.5 Å². The van der Waals surface area contributed by atoms with E-state index in [9.17, 15) is 0 Å². The molecule has 4 aromatic heterocycles. The van der Waals surface area contributed by atoms with Crippen LogP contribution in [0, 0.1) is 13.8 Å². The molecule has 0 amide bonds. The fourth-order valence-electron chi connectivity index (χ4n) is 4.31. The van der Waals surface area contributed by atoms with Gasteiger partial charge < -0.3 is 9.13 Å². The summed E-state index contributed by atoms with van der Waals surface area (Å²) in [7, 11) is 1.99. The number of imidazole rings is 1. The van der Waals surface area contributed by atoms with Crippen molar-refractivity contribution in [2.45, 2.75) is 40.2 Å². The number of aryl methyl sites for hydroxylation is 4. The van der Waals surface area contributed by atoms with Gasteiger partial charge in [0.15, 0.2) is 5.65 Å². The lowest BCUT2D eigenvalue weighted by Gasteiger charge is -2.10. The summed E-state index contributed by atoms with van der Waals surface area (Å²) in [6, 6.07) is 10.7. The van der Waals surface area contributed by atoms with Gasteiger partial charge in [-0.3, -0.25) is 0 Å². The van der Waals surface area contributed by atoms with Gasteiger partial charge in [-0.1, -0.05) is 31.2 Å². The molecule has 1 N–H and O–H groups in total. The van der Waals surface area contributed by atoms with Crippen LogP contribution >= 0.6 is 15.9 Å². The summed E-state index contributed by atoms with van der Waals surface area (Å²) < 4.78 is 5.24. The highest BCUT2D eigenvalue weighted by Gasteiger charge is 2.19. The Morgan fingerprint density at radius 3 is 2.58 bits per heavy atom. The number of aromatic nitrogens is 8. The highest BCUT2D eigenvalue weighted by atomic mass is 79.9. The molecule has 0 aliphatic heterocycles. The number of rotatable bonds is 6. The van der Waals surface area contributed by atoms with Crippen molar-refractivity contribution >= 4 is 27.1 Å². The minimum absolute atomic E-state index is 0.571. The Labute approximate surface area is 200 Å². The van der Waals surface area contributed by atoms with Crippen LogP contribution in [0.5, 0.6) is 0 Å². The summed E-state index contributed by atoms with van der Waals surface area (Å²) in [5, 5.41) is 14.6. The number of benzene rings is 1. The summed E-state index contributed by atoms with van der Waals surface area (Å²) >= 11 is 3.71. The summed E-state index contributed by atoms with van der Waals surface area (Å²) in [6.45, 7) is 7.06. The molecule has 0 bridgehead atoms. The maximum absolute atomic E-state index is 4.93. The average Bonchev–Trinajstić information content (AvgIpc) is 3.50. The SMILES string of the molecule is CCCc1nc2c(C)cc(C)nc2n1Cc1ccc(-c2c(-c3nn[nH]n3)cn(C)c2Br)cc1. The summed E-state index contributed by atoms with van der Waals surface area (Å²) in [5.74, 6) is 1.66. The molecule has 0 aliphatic carbocycles. The zero-order valence-corrected chi connectivity index (χ0v) is 20.7. The Bertz CT molecular complexity index is 1430. The van der Waals surface area contributed by atoms with Crippen LogP contribution in [0.4, 0.5) is 0 Å². The van der Waals surface area contributed by atoms with Crippen LogP contribution < -0.4 is 0 Å². The lowest BCUT2D eigenvalue weighted by atomic mass is 10.0. The smallest absolute Gasteiger partial charge is 0.206 e. The second-order valence-electron chi connectivity index (χ2n) is 8.37. The van der Waals surface area contributed by atoms with Crippen molar-refractivity contribution in [3.05, 3.63) is 63.8 Å². The molecular formula is C24H25BrN8. The van der Waals surface area contributed by atoms with Crippen molar-refractivity contribution in [1.29, 1.82) is 0 Å². The van der Waals surface area contributed by atoms with Crippen molar-refractivity contribution in [2.24, 2.45) is 7.05 Å². The maximum atomic E-state index is 4.93. The molecule has 168 valence electrons. The van der Waals surface area contributed by atoms with Gasteiger partial charge in [0.05, 0.1) is 11.1 Å². The monoisotopic (exact) mass is 504 g/mol.